The average molecular weight is 430 g/mol. The number of benzene rings is 1. The molecular formula is C24H23FN6O. The van der Waals surface area contributed by atoms with E-state index >= 15 is 0 Å². The second-order valence-electron chi connectivity index (χ2n) is 7.98. The molecule has 162 valence electrons. The molecular weight excluding hydrogens is 407 g/mol. The quantitative estimate of drug-likeness (QED) is 0.525. The minimum atomic E-state index is -0.276. The predicted octanol–water partition coefficient (Wildman–Crippen LogP) is 3.46. The minimum absolute atomic E-state index is 0.0546. The van der Waals surface area contributed by atoms with E-state index in [0.717, 1.165) is 47.5 Å². The molecule has 0 saturated carbocycles. The van der Waals surface area contributed by atoms with Crippen LogP contribution in [0.5, 0.6) is 0 Å². The normalized spacial score (nSPS) is 16.3. The second kappa shape index (κ2) is 8.74. The van der Waals surface area contributed by atoms with Gasteiger partial charge in [-0.15, -0.1) is 0 Å². The van der Waals surface area contributed by atoms with Crippen LogP contribution in [0.15, 0.2) is 67.3 Å². The maximum Gasteiger partial charge on any atom is 0.225 e. The maximum atomic E-state index is 13.3. The molecule has 8 heteroatoms. The molecule has 32 heavy (non-hydrogen) atoms. The summed E-state index contributed by atoms with van der Waals surface area (Å²) in [5.74, 6) is 0.479. The lowest BCUT2D eigenvalue weighted by Crippen LogP contribution is -2.43. The molecule has 0 radical (unpaired) electrons. The number of pyridine rings is 1. The van der Waals surface area contributed by atoms with Crippen LogP contribution in [0.25, 0.3) is 16.8 Å². The van der Waals surface area contributed by atoms with Crippen LogP contribution in [0.1, 0.15) is 18.4 Å². The summed E-state index contributed by atoms with van der Waals surface area (Å²) in [5.41, 5.74) is 3.49. The van der Waals surface area contributed by atoms with E-state index in [0.29, 0.717) is 13.1 Å². The van der Waals surface area contributed by atoms with Gasteiger partial charge in [-0.25, -0.2) is 13.9 Å². The van der Waals surface area contributed by atoms with Gasteiger partial charge in [0.15, 0.2) is 5.82 Å². The third-order valence-corrected chi connectivity index (χ3v) is 5.82. The van der Waals surface area contributed by atoms with Gasteiger partial charge < -0.3 is 10.2 Å². The topological polar surface area (TPSA) is 75.4 Å². The highest BCUT2D eigenvalue weighted by molar-refractivity contribution is 5.80. The maximum absolute atomic E-state index is 13.3. The molecule has 0 aliphatic carbocycles. The van der Waals surface area contributed by atoms with Crippen molar-refractivity contribution in [1.29, 1.82) is 0 Å². The van der Waals surface area contributed by atoms with E-state index in [9.17, 15) is 9.18 Å². The minimum Gasteiger partial charge on any atom is -0.354 e. The number of anilines is 1. The highest BCUT2D eigenvalue weighted by Gasteiger charge is 2.27. The Hall–Kier alpha value is -3.81. The number of aromatic nitrogens is 4. The molecule has 1 N–H and O–H groups in total. The molecule has 4 heterocycles. The van der Waals surface area contributed by atoms with Crippen molar-refractivity contribution >= 4 is 17.2 Å². The standard InChI is InChI=1S/C24H23FN6O/c25-20-5-3-18(4-6-20)21-14-22-23(27-11-13-31(22)29-21)30-12-1-2-19(16-30)24(32)28-15-17-7-9-26-10-8-17/h3-11,13-14,19H,1-2,12,15-16H2,(H,28,32). The number of fused-ring (bicyclic) bond motifs is 1. The molecule has 1 unspecified atom stereocenters. The van der Waals surface area contributed by atoms with Crippen molar-refractivity contribution < 1.29 is 9.18 Å². The summed E-state index contributed by atoms with van der Waals surface area (Å²) in [4.78, 5) is 23.6. The molecule has 0 bridgehead atoms. The molecule has 1 fully saturated rings. The number of halogens is 1. The lowest BCUT2D eigenvalue weighted by Gasteiger charge is -2.33. The zero-order valence-electron chi connectivity index (χ0n) is 17.5. The van der Waals surface area contributed by atoms with Crippen molar-refractivity contribution in [2.75, 3.05) is 18.0 Å². The first kappa shape index (κ1) is 20.1. The van der Waals surface area contributed by atoms with E-state index in [2.05, 4.69) is 25.3 Å². The first-order valence-electron chi connectivity index (χ1n) is 10.7. The largest absolute Gasteiger partial charge is 0.354 e. The van der Waals surface area contributed by atoms with Crippen LogP contribution in [-0.2, 0) is 11.3 Å². The monoisotopic (exact) mass is 430 g/mol. The predicted molar refractivity (Wildman–Crippen MR) is 119 cm³/mol. The summed E-state index contributed by atoms with van der Waals surface area (Å²) < 4.78 is 15.1. The highest BCUT2D eigenvalue weighted by atomic mass is 19.1. The highest BCUT2D eigenvalue weighted by Crippen LogP contribution is 2.28. The van der Waals surface area contributed by atoms with Crippen LogP contribution in [0.3, 0.4) is 0 Å². The van der Waals surface area contributed by atoms with E-state index in [1.165, 1.54) is 12.1 Å². The Balaban J connectivity index is 1.34. The molecule has 1 aliphatic heterocycles. The number of rotatable bonds is 5. The summed E-state index contributed by atoms with van der Waals surface area (Å²) >= 11 is 0. The van der Waals surface area contributed by atoms with Crippen LogP contribution < -0.4 is 10.2 Å². The van der Waals surface area contributed by atoms with Crippen molar-refractivity contribution in [3.8, 4) is 11.3 Å². The first-order valence-corrected chi connectivity index (χ1v) is 10.7. The van der Waals surface area contributed by atoms with Crippen LogP contribution >= 0.6 is 0 Å². The van der Waals surface area contributed by atoms with Crippen LogP contribution in [0, 0.1) is 11.7 Å². The SMILES string of the molecule is O=C(NCc1ccncc1)C1CCCN(c2nccn3nc(-c4ccc(F)cc4)cc23)C1. The Morgan fingerprint density at radius 3 is 2.75 bits per heavy atom. The van der Waals surface area contributed by atoms with E-state index in [-0.39, 0.29) is 17.6 Å². The lowest BCUT2D eigenvalue weighted by molar-refractivity contribution is -0.125. The van der Waals surface area contributed by atoms with Gasteiger partial charge in [0.25, 0.3) is 0 Å². The molecule has 4 aromatic rings. The number of amides is 1. The molecule has 7 nitrogen and oxygen atoms in total. The van der Waals surface area contributed by atoms with Crippen molar-refractivity contribution in [3.05, 3.63) is 78.6 Å². The van der Waals surface area contributed by atoms with Gasteiger partial charge in [0.1, 0.15) is 11.3 Å². The van der Waals surface area contributed by atoms with Crippen molar-refractivity contribution in [2.24, 2.45) is 5.92 Å². The number of nitrogens with zero attached hydrogens (tertiary/aromatic N) is 5. The zero-order chi connectivity index (χ0) is 21.9. The molecule has 3 aromatic heterocycles. The molecule has 0 spiro atoms. The van der Waals surface area contributed by atoms with Gasteiger partial charge in [-0.3, -0.25) is 9.78 Å². The van der Waals surface area contributed by atoms with Gasteiger partial charge in [0.2, 0.25) is 5.91 Å². The summed E-state index contributed by atoms with van der Waals surface area (Å²) in [5, 5.41) is 7.67. The Kier molecular flexibility index (Phi) is 5.49. The Labute approximate surface area is 184 Å². The molecule has 1 aliphatic rings. The fourth-order valence-corrected chi connectivity index (χ4v) is 4.13. The van der Waals surface area contributed by atoms with Gasteiger partial charge in [0, 0.05) is 50.0 Å². The number of hydrogen-bond donors (Lipinski definition) is 1. The van der Waals surface area contributed by atoms with Gasteiger partial charge in [0.05, 0.1) is 11.6 Å². The summed E-state index contributed by atoms with van der Waals surface area (Å²) in [6.07, 6.45) is 8.73. The van der Waals surface area contributed by atoms with Gasteiger partial charge >= 0.3 is 0 Å². The van der Waals surface area contributed by atoms with Crippen molar-refractivity contribution in [2.45, 2.75) is 19.4 Å². The Morgan fingerprint density at radius 2 is 1.94 bits per heavy atom. The van der Waals surface area contributed by atoms with Crippen LogP contribution in [0.2, 0.25) is 0 Å². The summed E-state index contributed by atoms with van der Waals surface area (Å²) in [7, 11) is 0. The van der Waals surface area contributed by atoms with Crippen LogP contribution in [0.4, 0.5) is 10.2 Å². The number of hydrogen-bond acceptors (Lipinski definition) is 5. The molecule has 5 rings (SSSR count). The number of carbonyl (C=O) groups excluding carboxylic acids is 1. The van der Waals surface area contributed by atoms with Crippen LogP contribution in [-0.4, -0.2) is 38.6 Å². The van der Waals surface area contributed by atoms with Crippen molar-refractivity contribution in [1.82, 2.24) is 24.9 Å². The fourth-order valence-electron chi connectivity index (χ4n) is 4.13. The third kappa shape index (κ3) is 4.16. The zero-order valence-corrected chi connectivity index (χ0v) is 17.5. The van der Waals surface area contributed by atoms with Gasteiger partial charge in [-0.2, -0.15) is 5.10 Å². The number of nitrogens with one attached hydrogen (secondary N) is 1. The fraction of sp³-hybridized carbons (Fsp3) is 0.250. The van der Waals surface area contributed by atoms with Gasteiger partial charge in [-0.05, 0) is 60.9 Å². The van der Waals surface area contributed by atoms with Gasteiger partial charge in [-0.1, -0.05) is 0 Å². The lowest BCUT2D eigenvalue weighted by atomic mass is 9.97. The Bertz CT molecular complexity index is 1220. The average Bonchev–Trinajstić information content (AvgIpc) is 3.28. The van der Waals surface area contributed by atoms with E-state index in [4.69, 9.17) is 0 Å². The smallest absolute Gasteiger partial charge is 0.225 e. The van der Waals surface area contributed by atoms with E-state index < -0.39 is 0 Å². The summed E-state index contributed by atoms with van der Waals surface area (Å²) in [6, 6.07) is 12.1. The molecule has 1 aromatic carbocycles. The third-order valence-electron chi connectivity index (χ3n) is 5.82. The first-order chi connectivity index (χ1) is 15.7. The number of piperidine rings is 1. The molecule has 1 atom stereocenters. The van der Waals surface area contributed by atoms with E-state index in [1.807, 2.05) is 18.2 Å². The number of carbonyl (C=O) groups is 1. The van der Waals surface area contributed by atoms with Crippen molar-refractivity contribution in [3.63, 3.8) is 0 Å². The summed E-state index contributed by atoms with van der Waals surface area (Å²) in [6.45, 7) is 1.93. The second-order valence-corrected chi connectivity index (χ2v) is 7.98. The molecule has 1 saturated heterocycles. The van der Waals surface area contributed by atoms with E-state index in [1.54, 1.807) is 41.4 Å². The Morgan fingerprint density at radius 1 is 1.12 bits per heavy atom. The molecule has 1 amide bonds.